The quantitative estimate of drug-likeness (QED) is 0.676. The van der Waals surface area contributed by atoms with Crippen LogP contribution in [0.5, 0.6) is 0 Å². The van der Waals surface area contributed by atoms with Crippen molar-refractivity contribution < 1.29 is 4.79 Å². The van der Waals surface area contributed by atoms with Crippen LogP contribution in [-0.2, 0) is 24.2 Å². The van der Waals surface area contributed by atoms with E-state index in [4.69, 9.17) is 11.6 Å². The molecule has 0 aliphatic heterocycles. The predicted octanol–water partition coefficient (Wildman–Crippen LogP) is 4.53. The molecular weight excluding hydrogens is 384 g/mol. The number of aromatic nitrogens is 1. The van der Waals surface area contributed by atoms with E-state index in [0.29, 0.717) is 5.02 Å². The Balaban J connectivity index is 1.62. The maximum Gasteiger partial charge on any atom is 0.251 e. The summed E-state index contributed by atoms with van der Waals surface area (Å²) in [7, 11) is 0. The van der Waals surface area contributed by atoms with Gasteiger partial charge in [0.15, 0.2) is 0 Å². The largest absolute Gasteiger partial charge is 0.348 e. The van der Waals surface area contributed by atoms with E-state index in [1.54, 1.807) is 10.6 Å². The van der Waals surface area contributed by atoms with Crippen molar-refractivity contribution in [1.29, 1.82) is 0 Å². The second kappa shape index (κ2) is 8.26. The van der Waals surface area contributed by atoms with Crippen LogP contribution in [0.4, 0.5) is 0 Å². The van der Waals surface area contributed by atoms with Crippen molar-refractivity contribution in [2.45, 2.75) is 38.8 Å². The lowest BCUT2D eigenvalue weighted by Crippen LogP contribution is -2.35. The highest BCUT2D eigenvalue weighted by Gasteiger charge is 2.23. The Labute approximate surface area is 175 Å². The van der Waals surface area contributed by atoms with E-state index < -0.39 is 0 Å². The van der Waals surface area contributed by atoms with Crippen molar-refractivity contribution in [1.82, 2.24) is 9.88 Å². The highest BCUT2D eigenvalue weighted by molar-refractivity contribution is 6.33. The summed E-state index contributed by atoms with van der Waals surface area (Å²) in [6, 6.07) is 18.9. The molecule has 0 saturated heterocycles. The molecule has 1 aliphatic carbocycles. The van der Waals surface area contributed by atoms with E-state index in [0.717, 1.165) is 47.2 Å². The second-order valence-corrected chi connectivity index (χ2v) is 7.85. The fraction of sp³-hybridized carbons (Fsp3) is 0.250. The molecule has 0 saturated carbocycles. The van der Waals surface area contributed by atoms with Crippen LogP contribution in [0.3, 0.4) is 0 Å². The number of carbonyl (C=O) groups excluding carboxylic acids is 1. The van der Waals surface area contributed by atoms with Gasteiger partial charge in [-0.15, -0.1) is 0 Å². The number of amides is 1. The minimum Gasteiger partial charge on any atom is -0.348 e. The van der Waals surface area contributed by atoms with Crippen LogP contribution in [0.1, 0.15) is 36.2 Å². The Bertz CT molecular complexity index is 1110. The molecule has 0 spiro atoms. The summed E-state index contributed by atoms with van der Waals surface area (Å²) in [5.74, 6) is -0.164. The lowest BCUT2D eigenvalue weighted by molar-refractivity contribution is -0.122. The highest BCUT2D eigenvalue weighted by Crippen LogP contribution is 2.34. The Kier molecular flexibility index (Phi) is 5.54. The second-order valence-electron chi connectivity index (χ2n) is 7.44. The van der Waals surface area contributed by atoms with Crippen LogP contribution in [0, 0.1) is 0 Å². The summed E-state index contributed by atoms with van der Waals surface area (Å²) in [6.45, 7) is 1.97. The molecule has 1 atom stereocenters. The third kappa shape index (κ3) is 3.99. The van der Waals surface area contributed by atoms with Crippen molar-refractivity contribution >= 4 is 17.5 Å². The van der Waals surface area contributed by atoms with Gasteiger partial charge in [0.2, 0.25) is 5.91 Å². The van der Waals surface area contributed by atoms with E-state index in [1.807, 2.05) is 61.5 Å². The molecule has 3 aromatic rings. The molecule has 0 fully saturated rings. The van der Waals surface area contributed by atoms with E-state index in [1.165, 1.54) is 0 Å². The lowest BCUT2D eigenvalue weighted by Gasteiger charge is -2.18. The van der Waals surface area contributed by atoms with E-state index in [-0.39, 0.29) is 24.1 Å². The molecule has 4 rings (SSSR count). The number of halogens is 1. The van der Waals surface area contributed by atoms with Gasteiger partial charge in [-0.2, -0.15) is 0 Å². The van der Waals surface area contributed by atoms with Gasteiger partial charge in [-0.05, 0) is 48.9 Å². The number of rotatable bonds is 5. The standard InChI is InChI=1S/C24H23ClN2O2/c1-16(17-8-3-2-4-9-17)26-23(28)15-27-22-13-7-11-19(22)20(14-24(27)29)18-10-5-6-12-21(18)25/h2-6,8-10,12,14,16H,7,11,13,15H2,1H3,(H,26,28)/t16-/m1/s1. The predicted molar refractivity (Wildman–Crippen MR) is 116 cm³/mol. The molecule has 148 valence electrons. The van der Waals surface area contributed by atoms with E-state index in [9.17, 15) is 9.59 Å². The first-order valence-electron chi connectivity index (χ1n) is 9.89. The van der Waals surface area contributed by atoms with Crippen molar-refractivity contribution in [2.75, 3.05) is 0 Å². The first kappa shape index (κ1) is 19.5. The molecular formula is C24H23ClN2O2. The van der Waals surface area contributed by atoms with Gasteiger partial charge in [-0.1, -0.05) is 60.1 Å². The first-order valence-corrected chi connectivity index (χ1v) is 10.3. The number of nitrogens with zero attached hydrogens (tertiary/aromatic N) is 1. The maximum atomic E-state index is 12.9. The Morgan fingerprint density at radius 3 is 2.55 bits per heavy atom. The third-order valence-electron chi connectivity index (χ3n) is 5.52. The van der Waals surface area contributed by atoms with Gasteiger partial charge < -0.3 is 9.88 Å². The van der Waals surface area contributed by atoms with Crippen LogP contribution in [0.2, 0.25) is 5.02 Å². The summed E-state index contributed by atoms with van der Waals surface area (Å²) < 4.78 is 1.62. The Hall–Kier alpha value is -2.85. The molecule has 0 unspecified atom stereocenters. The zero-order chi connectivity index (χ0) is 20.4. The summed E-state index contributed by atoms with van der Waals surface area (Å²) >= 11 is 6.38. The van der Waals surface area contributed by atoms with Crippen LogP contribution in [0.15, 0.2) is 65.5 Å². The average Bonchev–Trinajstić information content (AvgIpc) is 3.21. The molecule has 1 N–H and O–H groups in total. The van der Waals surface area contributed by atoms with Gasteiger partial charge in [0.05, 0.1) is 6.04 Å². The first-order chi connectivity index (χ1) is 14.0. The Morgan fingerprint density at radius 1 is 1.07 bits per heavy atom. The number of hydrogen-bond donors (Lipinski definition) is 1. The fourth-order valence-electron chi connectivity index (χ4n) is 4.09. The molecule has 5 heteroatoms. The van der Waals surface area contributed by atoms with Crippen molar-refractivity contribution in [3.8, 4) is 11.1 Å². The summed E-state index contributed by atoms with van der Waals surface area (Å²) in [4.78, 5) is 25.6. The van der Waals surface area contributed by atoms with Crippen LogP contribution in [-0.4, -0.2) is 10.5 Å². The average molecular weight is 407 g/mol. The monoisotopic (exact) mass is 406 g/mol. The number of nitrogens with one attached hydrogen (secondary N) is 1. The van der Waals surface area contributed by atoms with Crippen molar-refractivity contribution in [2.24, 2.45) is 0 Å². The van der Waals surface area contributed by atoms with Crippen LogP contribution < -0.4 is 10.9 Å². The Morgan fingerprint density at radius 2 is 1.79 bits per heavy atom. The number of benzene rings is 2. The fourth-order valence-corrected chi connectivity index (χ4v) is 4.32. The molecule has 1 amide bonds. The zero-order valence-electron chi connectivity index (χ0n) is 16.3. The minimum atomic E-state index is -0.164. The SMILES string of the molecule is C[C@@H](NC(=O)Cn1c2c(c(-c3ccccc3Cl)cc1=O)CCC2)c1ccccc1. The lowest BCUT2D eigenvalue weighted by atomic mass is 9.99. The smallest absolute Gasteiger partial charge is 0.251 e. The topological polar surface area (TPSA) is 51.1 Å². The van der Waals surface area contributed by atoms with E-state index >= 15 is 0 Å². The van der Waals surface area contributed by atoms with Crippen molar-refractivity contribution in [3.05, 3.63) is 92.9 Å². The van der Waals surface area contributed by atoms with Crippen LogP contribution >= 0.6 is 11.6 Å². The zero-order valence-corrected chi connectivity index (χ0v) is 17.1. The van der Waals surface area contributed by atoms with Gasteiger partial charge >= 0.3 is 0 Å². The number of hydrogen-bond acceptors (Lipinski definition) is 2. The number of carbonyl (C=O) groups is 1. The highest BCUT2D eigenvalue weighted by atomic mass is 35.5. The van der Waals surface area contributed by atoms with Gasteiger partial charge in [0.1, 0.15) is 6.54 Å². The van der Waals surface area contributed by atoms with E-state index in [2.05, 4.69) is 5.32 Å². The molecule has 0 bridgehead atoms. The normalized spacial score (nSPS) is 13.7. The van der Waals surface area contributed by atoms with Crippen LogP contribution in [0.25, 0.3) is 11.1 Å². The number of pyridine rings is 1. The summed E-state index contributed by atoms with van der Waals surface area (Å²) in [5, 5.41) is 3.63. The summed E-state index contributed by atoms with van der Waals surface area (Å²) in [5.41, 5.74) is 4.72. The number of fused-ring (bicyclic) bond motifs is 1. The van der Waals surface area contributed by atoms with Gasteiger partial charge in [-0.3, -0.25) is 9.59 Å². The van der Waals surface area contributed by atoms with Gasteiger partial charge in [0, 0.05) is 22.3 Å². The third-order valence-corrected chi connectivity index (χ3v) is 5.85. The molecule has 0 radical (unpaired) electrons. The van der Waals surface area contributed by atoms with Gasteiger partial charge in [-0.25, -0.2) is 0 Å². The molecule has 1 heterocycles. The maximum absolute atomic E-state index is 12.9. The minimum absolute atomic E-state index is 0.0289. The van der Waals surface area contributed by atoms with Crippen molar-refractivity contribution in [3.63, 3.8) is 0 Å². The molecule has 29 heavy (non-hydrogen) atoms. The molecule has 2 aromatic carbocycles. The molecule has 1 aliphatic rings. The summed E-state index contributed by atoms with van der Waals surface area (Å²) in [6.07, 6.45) is 2.65. The molecule has 1 aromatic heterocycles. The molecule has 4 nitrogen and oxygen atoms in total. The van der Waals surface area contributed by atoms with Gasteiger partial charge in [0.25, 0.3) is 5.56 Å².